The number of nitrogens with zero attached hydrogens (tertiary/aromatic N) is 7. The number of likely N-dealkylation sites (N-methyl/N-ethyl adjacent to an activating group) is 1. The number of fused-ring (bicyclic) bond motifs is 7. The smallest absolute Gasteiger partial charge is 0.323 e. The van der Waals surface area contributed by atoms with Crippen molar-refractivity contribution < 1.29 is 33.4 Å². The number of nitrogens with one attached hydrogen (secondary N) is 2. The topological polar surface area (TPSA) is 172 Å². The Morgan fingerprint density at radius 3 is 2.62 bits per heavy atom. The van der Waals surface area contributed by atoms with Crippen LogP contribution in [-0.4, -0.2) is 153 Å². The van der Waals surface area contributed by atoms with Crippen LogP contribution < -0.4 is 10.7 Å². The summed E-state index contributed by atoms with van der Waals surface area (Å²) in [5.74, 6) is -2.10. The van der Waals surface area contributed by atoms with Gasteiger partial charge >= 0.3 is 12.0 Å². The van der Waals surface area contributed by atoms with Gasteiger partial charge in [-0.15, -0.1) is 11.3 Å². The van der Waals surface area contributed by atoms with Gasteiger partial charge in [-0.05, 0) is 81.4 Å². The second-order valence-corrected chi connectivity index (χ2v) is 22.3. The zero-order valence-electron chi connectivity index (χ0n) is 40.2. The lowest BCUT2D eigenvalue weighted by Gasteiger charge is -2.56. The predicted octanol–water partition coefficient (Wildman–Crippen LogP) is 4.74. The Kier molecular flexibility index (Phi) is 13.7. The molecule has 0 unspecified atom stereocenters. The van der Waals surface area contributed by atoms with Gasteiger partial charge in [-0.25, -0.2) is 15.2 Å². The molecule has 3 fully saturated rings. The zero-order chi connectivity index (χ0) is 49.0. The number of carbonyl (C=O) groups excluding carboxylic acids is 5. The summed E-state index contributed by atoms with van der Waals surface area (Å²) in [7, 11) is 10.8. The van der Waals surface area contributed by atoms with Crippen molar-refractivity contribution in [3.8, 4) is 22.5 Å². The molecule has 0 saturated carbocycles. The molecule has 0 aliphatic carbocycles. The highest BCUT2D eigenvalue weighted by atomic mass is 32.1. The summed E-state index contributed by atoms with van der Waals surface area (Å²) in [6.07, 6.45) is 4.70. The van der Waals surface area contributed by atoms with Crippen molar-refractivity contribution in [1.29, 1.82) is 0 Å². The maximum Gasteiger partial charge on any atom is 0.323 e. The number of hydrazine groups is 1. The highest BCUT2D eigenvalue weighted by molar-refractivity contribution is 7.10. The molecule has 4 aliphatic heterocycles. The Bertz CT molecular complexity index is 2650. The quantitative estimate of drug-likeness (QED) is 0.136. The number of hydrogen-bond acceptors (Lipinski definition) is 11. The third-order valence-electron chi connectivity index (χ3n) is 14.1. The lowest BCUT2D eigenvalue weighted by atomic mass is 9.84. The average Bonchev–Trinajstić information content (AvgIpc) is 3.98. The Balaban J connectivity index is 1.16. The summed E-state index contributed by atoms with van der Waals surface area (Å²) in [4.78, 5) is 85.1. The molecule has 6 atom stereocenters. The summed E-state index contributed by atoms with van der Waals surface area (Å²) >= 11 is 1.39. The third-order valence-corrected chi connectivity index (χ3v) is 16.4. The van der Waals surface area contributed by atoms with E-state index in [0.29, 0.717) is 50.3 Å². The molecule has 3 aromatic heterocycles. The maximum atomic E-state index is 14.8. The van der Waals surface area contributed by atoms with Crippen molar-refractivity contribution in [2.75, 3.05) is 40.4 Å². The minimum atomic E-state index is -1.43. The number of aryl methyl sites for hydroxylation is 1. The zero-order valence-corrected chi connectivity index (χ0v) is 43.0. The fraction of sp³-hybridized carbons (Fsp3) is 0.531. The van der Waals surface area contributed by atoms with Gasteiger partial charge in [0.2, 0.25) is 11.8 Å². The number of thiazole rings is 1. The van der Waals surface area contributed by atoms with Gasteiger partial charge in [0, 0.05) is 85.8 Å². The molecule has 68 heavy (non-hydrogen) atoms. The molecule has 358 valence electrons. The van der Waals surface area contributed by atoms with Crippen LogP contribution in [-0.2, 0) is 48.0 Å². The lowest BCUT2D eigenvalue weighted by molar-refractivity contribution is -0.158. The van der Waals surface area contributed by atoms with Gasteiger partial charge in [-0.2, -0.15) is 0 Å². The molecule has 8 rings (SSSR count). The summed E-state index contributed by atoms with van der Waals surface area (Å²) in [6, 6.07) is 7.65. The first-order valence-electron chi connectivity index (χ1n) is 23.4. The first-order chi connectivity index (χ1) is 32.2. The number of cyclic esters (lactones) is 1. The van der Waals surface area contributed by atoms with E-state index < -0.39 is 45.6 Å². The van der Waals surface area contributed by atoms with Crippen molar-refractivity contribution in [3.63, 3.8) is 0 Å². The van der Waals surface area contributed by atoms with Crippen LogP contribution in [0.4, 0.5) is 4.79 Å². The van der Waals surface area contributed by atoms with Crippen molar-refractivity contribution in [2.24, 2.45) is 11.3 Å². The number of amides is 5. The molecule has 6 bridgehead atoms. The van der Waals surface area contributed by atoms with Gasteiger partial charge in [0.25, 0.3) is 5.91 Å². The number of benzene rings is 1. The van der Waals surface area contributed by atoms with Crippen LogP contribution in [0.25, 0.3) is 33.4 Å². The van der Waals surface area contributed by atoms with Crippen LogP contribution >= 0.6 is 11.3 Å². The summed E-state index contributed by atoms with van der Waals surface area (Å²) in [5.41, 5.74) is 9.11. The maximum absolute atomic E-state index is 14.8. The standard InChI is InChI=1S/C49H61N9O7SSi2/c1-10-39(59)56-21-18-49(68)37(56)25-57(49)46(63)54(8)41(28(3)4)43(60)52-34-23-38-51-35(26-66-38)30-15-16-36-32(22-30)33(42(55(36)11-2)31-14-12-19-50-40(31)29(5)64-9)24-47(6,7)27-65-45(62)48(67)17-13-20-58(53-48)44(34)61/h10,12,14-16,19,22,26,28-29,34,37,41,53H,1,11,13,17-18,20-21,23-25,27H2,2-9H3,(H,52,60)/t29-,34-,37-,41-,48-,49-/m0/s1. The highest BCUT2D eigenvalue weighted by Gasteiger charge is 2.60. The molecule has 4 aliphatic rings. The fourth-order valence-electron chi connectivity index (χ4n) is 10.4. The van der Waals surface area contributed by atoms with Crippen molar-refractivity contribution >= 4 is 72.4 Å². The number of hydrogen-bond donors (Lipinski definition) is 2. The molecule has 1 aromatic carbocycles. The highest BCUT2D eigenvalue weighted by Crippen LogP contribution is 2.43. The van der Waals surface area contributed by atoms with Crippen LogP contribution in [0.3, 0.4) is 0 Å². The fourth-order valence-corrected chi connectivity index (χ4v) is 12.2. The van der Waals surface area contributed by atoms with E-state index in [-0.39, 0.29) is 49.6 Å². The van der Waals surface area contributed by atoms with Gasteiger partial charge < -0.3 is 34.1 Å². The van der Waals surface area contributed by atoms with E-state index in [0.717, 1.165) is 44.7 Å². The second-order valence-electron chi connectivity index (χ2n) is 19.7. The number of methoxy groups -OCH3 is 1. The van der Waals surface area contributed by atoms with E-state index in [2.05, 4.69) is 87.4 Å². The minimum Gasteiger partial charge on any atom is -0.464 e. The molecule has 19 heteroatoms. The van der Waals surface area contributed by atoms with E-state index >= 15 is 0 Å². The van der Waals surface area contributed by atoms with E-state index in [1.54, 1.807) is 30.2 Å². The largest absolute Gasteiger partial charge is 0.464 e. The van der Waals surface area contributed by atoms with Crippen molar-refractivity contribution in [1.82, 2.24) is 45.0 Å². The number of likely N-dealkylation sites (tertiary alicyclic amines) is 2. The molecule has 16 nitrogen and oxygen atoms in total. The van der Waals surface area contributed by atoms with Crippen LogP contribution in [0.5, 0.6) is 0 Å². The molecule has 0 spiro atoms. The number of urea groups is 1. The number of pyridine rings is 1. The van der Waals surface area contributed by atoms with Crippen LogP contribution in [0.2, 0.25) is 0 Å². The normalized spacial score (nSPS) is 24.7. The molecule has 3 saturated heterocycles. The third kappa shape index (κ3) is 8.84. The molecule has 6 radical (unpaired) electrons. The molecule has 7 heterocycles. The van der Waals surface area contributed by atoms with Crippen molar-refractivity contribution in [3.05, 3.63) is 70.8 Å². The van der Waals surface area contributed by atoms with Gasteiger partial charge in [0.1, 0.15) is 17.2 Å². The van der Waals surface area contributed by atoms with Crippen LogP contribution in [0, 0.1) is 11.3 Å². The minimum absolute atomic E-state index is 0.0414. The monoisotopic (exact) mass is 975 g/mol. The molecular weight excluding hydrogens is 915 g/mol. The lowest BCUT2D eigenvalue weighted by Crippen LogP contribution is -2.75. The number of esters is 1. The van der Waals surface area contributed by atoms with Gasteiger partial charge in [-0.3, -0.25) is 29.2 Å². The number of ether oxygens (including phenoxy) is 2. The van der Waals surface area contributed by atoms with Gasteiger partial charge in [-0.1, -0.05) is 40.3 Å². The molecule has 5 amide bonds. The second kappa shape index (κ2) is 18.9. The van der Waals surface area contributed by atoms with E-state index in [1.165, 1.54) is 27.3 Å². The Morgan fingerprint density at radius 1 is 1.15 bits per heavy atom. The Morgan fingerprint density at radius 2 is 1.91 bits per heavy atom. The number of carbonyl (C=O) groups is 5. The summed E-state index contributed by atoms with van der Waals surface area (Å²) < 4.78 is 14.3. The van der Waals surface area contributed by atoms with Gasteiger partial charge in [0.05, 0.1) is 66.5 Å². The summed E-state index contributed by atoms with van der Waals surface area (Å²) in [5, 5.41) is 5.81. The SMILES string of the molecule is C=CC(=O)N1CC[C@]2([Si])[C@@H]1CN2C(=O)N(C)[C@H](C(=O)N[C@H]1Cc2nc(cs2)-c2ccc3c(c2)c(c(-c2cccnc2[C@H](C)OC)n3CC)CC(C)(C)COC(=O)[C@@]2([Si])CCCN(N2)C1=O)C(C)C. The predicted molar refractivity (Wildman–Crippen MR) is 261 cm³/mol. The number of aromatic nitrogens is 3. The number of rotatable bonds is 9. The molecule has 4 aromatic rings. The summed E-state index contributed by atoms with van der Waals surface area (Å²) in [6.45, 7) is 17.4. The van der Waals surface area contributed by atoms with Crippen LogP contribution in [0.15, 0.2) is 54.6 Å². The molecular formula is C49H61N9O7SSi2. The van der Waals surface area contributed by atoms with E-state index in [1.807, 2.05) is 32.2 Å². The van der Waals surface area contributed by atoms with Crippen LogP contribution in [0.1, 0.15) is 83.2 Å². The molecule has 2 N–H and O–H groups in total. The Hall–Kier alpha value is -5.22. The first kappa shape index (κ1) is 49.2. The van der Waals surface area contributed by atoms with E-state index in [4.69, 9.17) is 19.4 Å². The van der Waals surface area contributed by atoms with E-state index in [9.17, 15) is 24.0 Å². The Labute approximate surface area is 409 Å². The van der Waals surface area contributed by atoms with Crippen molar-refractivity contribution in [2.45, 2.75) is 115 Å². The average molecular weight is 976 g/mol. The first-order valence-corrected chi connectivity index (χ1v) is 25.3. The van der Waals surface area contributed by atoms with Gasteiger partial charge in [0.15, 0.2) is 0 Å².